The number of halogens is 1. The minimum atomic E-state index is -1.91. The first-order chi connectivity index (χ1) is 6.47. The van der Waals surface area contributed by atoms with E-state index in [1.54, 1.807) is 0 Å². The van der Waals surface area contributed by atoms with Crippen LogP contribution < -0.4 is 0 Å². The molecule has 0 nitrogen and oxygen atoms in total. The van der Waals surface area contributed by atoms with E-state index in [0.717, 1.165) is 5.92 Å². The summed E-state index contributed by atoms with van der Waals surface area (Å²) in [5, 5.41) is 0. The summed E-state index contributed by atoms with van der Waals surface area (Å²) in [6, 6.07) is 0. The molecule has 0 aromatic carbocycles. The molecule has 1 rings (SSSR count). The zero-order valence-corrected chi connectivity index (χ0v) is 14.0. The molecule has 0 bridgehead atoms. The van der Waals surface area contributed by atoms with Gasteiger partial charge in [0.1, 0.15) is 0 Å². The molecule has 1 heterocycles. The predicted molar refractivity (Wildman–Crippen MR) is 82.2 cm³/mol. The van der Waals surface area contributed by atoms with Crippen LogP contribution in [-0.2, 0) is 0 Å². The van der Waals surface area contributed by atoms with Crippen molar-refractivity contribution in [1.82, 2.24) is 0 Å². The maximum atomic E-state index is 6.72. The van der Waals surface area contributed by atoms with Gasteiger partial charge in [-0.3, -0.25) is 0 Å². The molecule has 1 saturated heterocycles. The summed E-state index contributed by atoms with van der Waals surface area (Å²) in [4.78, 5) is 0. The zero-order valence-electron chi connectivity index (χ0n) is 10.7. The summed E-state index contributed by atoms with van der Waals surface area (Å²) in [5.74, 6) is 1.48. The Morgan fingerprint density at radius 2 is 1.47 bits per heavy atom. The van der Waals surface area contributed by atoms with Gasteiger partial charge < -0.3 is 0 Å². The molecule has 0 N–H and O–H groups in total. The van der Waals surface area contributed by atoms with E-state index >= 15 is 0 Å². The minimum absolute atomic E-state index is 0.447. The van der Waals surface area contributed by atoms with Crippen LogP contribution in [0.25, 0.3) is 0 Å². The van der Waals surface area contributed by atoms with Gasteiger partial charge in [-0.05, 0) is 0 Å². The first kappa shape index (κ1) is 14.5. The third-order valence-electron chi connectivity index (χ3n) is 2.82. The van der Waals surface area contributed by atoms with Gasteiger partial charge in [-0.25, -0.2) is 0 Å². The fourth-order valence-electron chi connectivity index (χ4n) is 1.50. The number of rotatable bonds is 1. The van der Waals surface area contributed by atoms with Gasteiger partial charge >= 0.3 is 109 Å². The van der Waals surface area contributed by atoms with Crippen LogP contribution in [0.2, 0.25) is 0 Å². The van der Waals surface area contributed by atoms with Crippen LogP contribution in [0.15, 0.2) is 0 Å². The monoisotopic (exact) mass is 286 g/mol. The fraction of sp³-hybridized carbons (Fsp3) is 1.00. The average Bonchev–Trinajstić information content (AvgIpc) is 2.00. The molecule has 0 aliphatic carbocycles. The zero-order chi connectivity index (χ0) is 11.9. The Morgan fingerprint density at radius 1 is 1.07 bits per heavy atom. The second kappa shape index (κ2) is 4.26. The van der Waals surface area contributed by atoms with Gasteiger partial charge in [-0.2, -0.15) is 0 Å². The van der Waals surface area contributed by atoms with Gasteiger partial charge in [-0.1, -0.05) is 0 Å². The molecule has 0 amide bonds. The molecular formula is C11H24ClPS2. The molecule has 0 aromatic rings. The fourth-order valence-corrected chi connectivity index (χ4v) is 10.1. The van der Waals surface area contributed by atoms with E-state index in [2.05, 4.69) is 64.3 Å². The second-order valence-corrected chi connectivity index (χ2v) is 19.6. The van der Waals surface area contributed by atoms with E-state index in [9.17, 15) is 0 Å². The van der Waals surface area contributed by atoms with Crippen molar-refractivity contribution in [3.63, 3.8) is 0 Å². The Balaban J connectivity index is 2.58. The van der Waals surface area contributed by atoms with E-state index in [-0.39, 0.29) is 0 Å². The normalized spacial score (nSPS) is 32.1. The third-order valence-corrected chi connectivity index (χ3v) is 13.4. The molecule has 92 valence electrons. The second-order valence-electron chi connectivity index (χ2n) is 6.76. The Hall–Kier alpha value is 1.42. The van der Waals surface area contributed by atoms with Gasteiger partial charge in [0.2, 0.25) is 0 Å². The van der Waals surface area contributed by atoms with Crippen molar-refractivity contribution in [1.29, 1.82) is 0 Å². The van der Waals surface area contributed by atoms with Crippen LogP contribution >= 0.6 is 40.7 Å². The quantitative estimate of drug-likeness (QED) is 0.622. The van der Waals surface area contributed by atoms with E-state index in [4.69, 9.17) is 11.2 Å². The maximum absolute atomic E-state index is 6.72. The van der Waals surface area contributed by atoms with Gasteiger partial charge in [0.05, 0.1) is 0 Å². The molecule has 0 spiro atoms. The molecule has 0 radical (unpaired) electrons. The molecule has 4 heteroatoms. The van der Waals surface area contributed by atoms with Crippen LogP contribution in [0.5, 0.6) is 0 Å². The summed E-state index contributed by atoms with van der Waals surface area (Å²) in [7, 11) is 0. The molecule has 0 saturated carbocycles. The third kappa shape index (κ3) is 4.30. The SMILES string of the molecule is CC(C)(C)C1CSC(P(C)(C)(C)Cl)SC1. The van der Waals surface area contributed by atoms with Gasteiger partial charge in [0.15, 0.2) is 0 Å². The van der Waals surface area contributed by atoms with Crippen LogP contribution in [0.4, 0.5) is 0 Å². The molecular weight excluding hydrogens is 263 g/mol. The number of hydrogen-bond acceptors (Lipinski definition) is 2. The average molecular weight is 287 g/mol. The van der Waals surface area contributed by atoms with Gasteiger partial charge in [0, 0.05) is 0 Å². The summed E-state index contributed by atoms with van der Waals surface area (Å²) in [5.41, 5.74) is 0.447. The Bertz CT molecular complexity index is 222. The summed E-state index contributed by atoms with van der Waals surface area (Å²) in [6.07, 6.45) is 0. The number of hydrogen-bond donors (Lipinski definition) is 0. The standard InChI is InChI=1S/C11H24ClPS2/c1-11(2,3)9-7-14-10(15-8-9)13(4,5,6)12/h9-10H,7-8H2,1-6H3. The van der Waals surface area contributed by atoms with Crippen LogP contribution in [0.3, 0.4) is 0 Å². The van der Waals surface area contributed by atoms with Gasteiger partial charge in [0.25, 0.3) is 0 Å². The van der Waals surface area contributed by atoms with Crippen molar-refractivity contribution in [2.45, 2.75) is 25.1 Å². The van der Waals surface area contributed by atoms with Crippen molar-refractivity contribution in [3.05, 3.63) is 0 Å². The first-order valence-electron chi connectivity index (χ1n) is 5.42. The summed E-state index contributed by atoms with van der Waals surface area (Å²) < 4.78 is 0.635. The summed E-state index contributed by atoms with van der Waals surface area (Å²) in [6.45, 7) is 13.9. The van der Waals surface area contributed by atoms with E-state index in [0.29, 0.717) is 9.74 Å². The predicted octanol–water partition coefficient (Wildman–Crippen LogP) is 5.01. The van der Waals surface area contributed by atoms with Crippen molar-refractivity contribution < 1.29 is 0 Å². The molecule has 0 aromatic heterocycles. The van der Waals surface area contributed by atoms with Crippen molar-refractivity contribution in [3.8, 4) is 0 Å². The van der Waals surface area contributed by atoms with Crippen molar-refractivity contribution >= 4 is 40.7 Å². The molecule has 0 unspecified atom stereocenters. The molecule has 15 heavy (non-hydrogen) atoms. The summed E-state index contributed by atoms with van der Waals surface area (Å²) >= 11 is 10.9. The van der Waals surface area contributed by atoms with E-state index in [1.807, 2.05) is 0 Å². The van der Waals surface area contributed by atoms with Gasteiger partial charge in [-0.15, -0.1) is 0 Å². The Labute approximate surface area is 108 Å². The van der Waals surface area contributed by atoms with Crippen LogP contribution in [0.1, 0.15) is 20.8 Å². The molecule has 1 aliphatic heterocycles. The van der Waals surface area contributed by atoms with Crippen molar-refractivity contribution in [2.75, 3.05) is 31.5 Å². The Kier molecular flexibility index (Phi) is 4.12. The first-order valence-corrected chi connectivity index (χ1v) is 12.1. The van der Waals surface area contributed by atoms with Crippen molar-refractivity contribution in [2.24, 2.45) is 11.3 Å². The topological polar surface area (TPSA) is 0 Å². The molecule has 1 aliphatic rings. The van der Waals surface area contributed by atoms with Crippen LogP contribution in [0, 0.1) is 11.3 Å². The van der Waals surface area contributed by atoms with E-state index < -0.39 is 5.96 Å². The Morgan fingerprint density at radius 3 is 1.73 bits per heavy atom. The molecule has 1 fully saturated rings. The molecule has 0 atom stereocenters. The number of thioether (sulfide) groups is 2. The van der Waals surface area contributed by atoms with Crippen LogP contribution in [-0.4, -0.2) is 35.8 Å². The van der Waals surface area contributed by atoms with E-state index in [1.165, 1.54) is 11.5 Å².